The molecule has 0 saturated heterocycles. The van der Waals surface area contributed by atoms with E-state index in [1.807, 2.05) is 0 Å². The van der Waals surface area contributed by atoms with Gasteiger partial charge in [-0.15, -0.1) is 0 Å². The third-order valence-corrected chi connectivity index (χ3v) is 1.39. The number of nitrogens with one attached hydrogen (secondary N) is 1. The van der Waals surface area contributed by atoms with Gasteiger partial charge in [0.15, 0.2) is 5.69 Å². The summed E-state index contributed by atoms with van der Waals surface area (Å²) >= 11 is 0. The van der Waals surface area contributed by atoms with Crippen molar-refractivity contribution in [1.82, 2.24) is 9.97 Å². The highest BCUT2D eigenvalue weighted by molar-refractivity contribution is 5.87. The average molecular weight is 197 g/mol. The lowest BCUT2D eigenvalue weighted by Gasteiger charge is -2.07. The second kappa shape index (κ2) is 4.52. The number of aromatic nitrogens is 2. The molecule has 0 aromatic carbocycles. The summed E-state index contributed by atoms with van der Waals surface area (Å²) in [6.07, 6.45) is 0.632. The zero-order valence-corrected chi connectivity index (χ0v) is 7.89. The predicted molar refractivity (Wildman–Crippen MR) is 48.7 cm³/mol. The molecule has 14 heavy (non-hydrogen) atoms. The summed E-state index contributed by atoms with van der Waals surface area (Å²) in [6.45, 7) is 1.52. The number of ether oxygens (including phenoxy) is 1. The van der Waals surface area contributed by atoms with E-state index in [-0.39, 0.29) is 11.6 Å². The molecular weight excluding hydrogens is 186 g/mol. The molecule has 1 rings (SSSR count). The molecule has 0 aliphatic carbocycles. The van der Waals surface area contributed by atoms with Crippen molar-refractivity contribution in [3.63, 3.8) is 0 Å². The lowest BCUT2D eigenvalue weighted by Crippen LogP contribution is -2.17. The first-order chi connectivity index (χ1) is 6.63. The van der Waals surface area contributed by atoms with Crippen LogP contribution in [-0.4, -0.2) is 34.4 Å². The first-order valence-electron chi connectivity index (χ1n) is 3.99. The van der Waals surface area contributed by atoms with Crippen molar-refractivity contribution in [1.29, 1.82) is 0 Å². The number of nitrogens with zero attached hydrogens (tertiary/aromatic N) is 2. The lowest BCUT2D eigenvalue weighted by molar-refractivity contribution is 0.0594. The lowest BCUT2D eigenvalue weighted by atomic mass is 10.4. The van der Waals surface area contributed by atoms with Gasteiger partial charge >= 0.3 is 5.97 Å². The number of hydrogen-bond donors (Lipinski definition) is 2. The molecule has 76 valence electrons. The number of aliphatic hydroxyl groups is 1. The van der Waals surface area contributed by atoms with Crippen LogP contribution in [0.15, 0.2) is 12.3 Å². The number of carbonyl (C=O) groups excluding carboxylic acids is 1. The quantitative estimate of drug-likeness (QED) is 0.524. The number of esters is 1. The highest BCUT2D eigenvalue weighted by Crippen LogP contribution is 2.02. The molecule has 2 N–H and O–H groups in total. The Morgan fingerprint density at radius 2 is 2.43 bits per heavy atom. The van der Waals surface area contributed by atoms with Crippen LogP contribution in [0.2, 0.25) is 0 Å². The van der Waals surface area contributed by atoms with Crippen LogP contribution in [0.25, 0.3) is 0 Å². The largest absolute Gasteiger partial charge is 0.464 e. The van der Waals surface area contributed by atoms with E-state index in [0.29, 0.717) is 0 Å². The Morgan fingerprint density at radius 3 is 3.00 bits per heavy atom. The summed E-state index contributed by atoms with van der Waals surface area (Å²) in [6, 6.07) is 1.43. The summed E-state index contributed by atoms with van der Waals surface area (Å²) < 4.78 is 4.48. The topological polar surface area (TPSA) is 84.3 Å². The number of hydrogen-bond acceptors (Lipinski definition) is 6. The molecule has 6 nitrogen and oxygen atoms in total. The average Bonchev–Trinajstić information content (AvgIpc) is 2.16. The van der Waals surface area contributed by atoms with Crippen LogP contribution in [-0.2, 0) is 4.74 Å². The Hall–Kier alpha value is -1.69. The summed E-state index contributed by atoms with van der Waals surface area (Å²) in [5, 5.41) is 11.5. The van der Waals surface area contributed by atoms with E-state index in [1.54, 1.807) is 0 Å². The number of methoxy groups -OCH3 is 1. The van der Waals surface area contributed by atoms with Crippen molar-refractivity contribution in [2.75, 3.05) is 12.4 Å². The molecule has 0 fully saturated rings. The van der Waals surface area contributed by atoms with Gasteiger partial charge in [0.2, 0.25) is 5.95 Å². The van der Waals surface area contributed by atoms with E-state index in [1.165, 1.54) is 26.3 Å². The molecule has 0 amide bonds. The Labute approximate surface area is 80.9 Å². The maximum absolute atomic E-state index is 11.0. The van der Waals surface area contributed by atoms with Crippen molar-refractivity contribution in [2.45, 2.75) is 13.2 Å². The third kappa shape index (κ3) is 2.67. The van der Waals surface area contributed by atoms with Crippen molar-refractivity contribution in [3.8, 4) is 0 Å². The summed E-state index contributed by atoms with van der Waals surface area (Å²) in [4.78, 5) is 18.7. The molecule has 0 saturated carbocycles. The Morgan fingerprint density at radius 1 is 1.71 bits per heavy atom. The van der Waals surface area contributed by atoms with Crippen molar-refractivity contribution >= 4 is 11.9 Å². The number of anilines is 1. The van der Waals surface area contributed by atoms with E-state index < -0.39 is 12.2 Å². The van der Waals surface area contributed by atoms with Gasteiger partial charge in [0.1, 0.15) is 6.23 Å². The van der Waals surface area contributed by atoms with Gasteiger partial charge in [0, 0.05) is 6.20 Å². The molecule has 0 bridgehead atoms. The van der Waals surface area contributed by atoms with Crippen LogP contribution >= 0.6 is 0 Å². The predicted octanol–water partition coefficient (Wildman–Crippen LogP) is 0.0134. The van der Waals surface area contributed by atoms with Gasteiger partial charge in [-0.25, -0.2) is 14.8 Å². The Balaban J connectivity index is 2.84. The minimum atomic E-state index is -0.775. The highest BCUT2D eigenvalue weighted by Gasteiger charge is 2.08. The van der Waals surface area contributed by atoms with E-state index in [4.69, 9.17) is 5.11 Å². The van der Waals surface area contributed by atoms with Gasteiger partial charge in [-0.05, 0) is 13.0 Å². The Kier molecular flexibility index (Phi) is 3.35. The maximum Gasteiger partial charge on any atom is 0.356 e. The van der Waals surface area contributed by atoms with Crippen molar-refractivity contribution in [2.24, 2.45) is 0 Å². The van der Waals surface area contributed by atoms with Gasteiger partial charge in [-0.2, -0.15) is 0 Å². The van der Waals surface area contributed by atoms with E-state index in [9.17, 15) is 4.79 Å². The van der Waals surface area contributed by atoms with Gasteiger partial charge in [0.05, 0.1) is 7.11 Å². The molecule has 0 aliphatic rings. The molecule has 1 atom stereocenters. The fourth-order valence-electron chi connectivity index (χ4n) is 0.833. The number of aliphatic hydroxyl groups excluding tert-OH is 1. The number of carbonyl (C=O) groups is 1. The van der Waals surface area contributed by atoms with E-state index in [2.05, 4.69) is 20.0 Å². The van der Waals surface area contributed by atoms with Crippen LogP contribution in [0, 0.1) is 0 Å². The van der Waals surface area contributed by atoms with Crippen molar-refractivity contribution < 1.29 is 14.6 Å². The van der Waals surface area contributed by atoms with Gasteiger partial charge < -0.3 is 15.2 Å². The fourth-order valence-corrected chi connectivity index (χ4v) is 0.833. The molecular formula is C8H11N3O3. The van der Waals surface area contributed by atoms with Crippen molar-refractivity contribution in [3.05, 3.63) is 18.0 Å². The highest BCUT2D eigenvalue weighted by atomic mass is 16.5. The van der Waals surface area contributed by atoms with E-state index >= 15 is 0 Å². The zero-order valence-electron chi connectivity index (χ0n) is 7.89. The van der Waals surface area contributed by atoms with Crippen LogP contribution in [0.5, 0.6) is 0 Å². The van der Waals surface area contributed by atoms with Crippen LogP contribution in [0.1, 0.15) is 17.4 Å². The maximum atomic E-state index is 11.0. The van der Waals surface area contributed by atoms with Crippen LogP contribution < -0.4 is 5.32 Å². The molecule has 0 aliphatic heterocycles. The molecule has 0 radical (unpaired) electrons. The Bertz CT molecular complexity index is 327. The normalized spacial score (nSPS) is 11.9. The molecule has 0 spiro atoms. The first kappa shape index (κ1) is 10.4. The van der Waals surface area contributed by atoms with Gasteiger partial charge in [0.25, 0.3) is 0 Å². The SMILES string of the molecule is COC(=O)c1ccnc(NC(C)O)n1. The fraction of sp³-hybridized carbons (Fsp3) is 0.375. The molecule has 6 heteroatoms. The third-order valence-electron chi connectivity index (χ3n) is 1.39. The van der Waals surface area contributed by atoms with Crippen LogP contribution in [0.4, 0.5) is 5.95 Å². The minimum Gasteiger partial charge on any atom is -0.464 e. The summed E-state index contributed by atoms with van der Waals surface area (Å²) in [5.74, 6) is -0.357. The van der Waals surface area contributed by atoms with E-state index in [0.717, 1.165) is 0 Å². The minimum absolute atomic E-state index is 0.144. The number of rotatable bonds is 3. The standard InChI is InChI=1S/C8H11N3O3/c1-5(12)10-8-9-4-3-6(11-8)7(13)14-2/h3-5,12H,1-2H3,(H,9,10,11). The zero-order chi connectivity index (χ0) is 10.6. The first-order valence-corrected chi connectivity index (χ1v) is 3.99. The molecule has 1 heterocycles. The molecule has 1 unspecified atom stereocenters. The second-order valence-corrected chi connectivity index (χ2v) is 2.58. The second-order valence-electron chi connectivity index (χ2n) is 2.58. The van der Waals surface area contributed by atoms with Gasteiger partial charge in [-0.3, -0.25) is 0 Å². The van der Waals surface area contributed by atoms with Gasteiger partial charge in [-0.1, -0.05) is 0 Å². The summed E-state index contributed by atoms with van der Waals surface area (Å²) in [5.41, 5.74) is 0.144. The smallest absolute Gasteiger partial charge is 0.356 e. The van der Waals surface area contributed by atoms with Crippen LogP contribution in [0.3, 0.4) is 0 Å². The molecule has 1 aromatic rings. The molecule has 1 aromatic heterocycles. The summed E-state index contributed by atoms with van der Waals surface area (Å²) in [7, 11) is 1.27. The monoisotopic (exact) mass is 197 g/mol.